The summed E-state index contributed by atoms with van der Waals surface area (Å²) in [5.41, 5.74) is 6.02. The first-order chi connectivity index (χ1) is 14.6. The molecule has 3 aromatic carbocycles. The number of carbonyl (C=O) groups excluding carboxylic acids is 1. The van der Waals surface area contributed by atoms with Crippen LogP contribution in [0.1, 0.15) is 27.0 Å². The molecule has 0 fully saturated rings. The predicted molar refractivity (Wildman–Crippen MR) is 117 cm³/mol. The van der Waals surface area contributed by atoms with Gasteiger partial charge in [0.2, 0.25) is 0 Å². The van der Waals surface area contributed by atoms with Crippen molar-refractivity contribution in [3.05, 3.63) is 89.0 Å². The molecule has 154 valence electrons. The molecule has 0 radical (unpaired) electrons. The Morgan fingerprint density at radius 2 is 1.63 bits per heavy atom. The number of benzene rings is 3. The zero-order chi connectivity index (χ0) is 21.3. The Morgan fingerprint density at radius 3 is 2.30 bits per heavy atom. The quantitative estimate of drug-likeness (QED) is 0.448. The fourth-order valence-corrected chi connectivity index (χ4v) is 2.70. The van der Waals surface area contributed by atoms with E-state index in [1.807, 2.05) is 36.4 Å². The molecule has 6 heteroatoms. The summed E-state index contributed by atoms with van der Waals surface area (Å²) in [4.78, 5) is 12.4. The number of methoxy groups -OCH3 is 2. The summed E-state index contributed by atoms with van der Waals surface area (Å²) in [6.07, 6.45) is 1.56. The second-order valence-corrected chi connectivity index (χ2v) is 6.65. The summed E-state index contributed by atoms with van der Waals surface area (Å²) >= 11 is 0. The van der Waals surface area contributed by atoms with E-state index in [1.165, 1.54) is 19.8 Å². The number of aryl methyl sites for hydroxylation is 1. The van der Waals surface area contributed by atoms with Crippen molar-refractivity contribution < 1.29 is 19.0 Å². The van der Waals surface area contributed by atoms with Crippen molar-refractivity contribution in [2.24, 2.45) is 5.10 Å². The summed E-state index contributed by atoms with van der Waals surface area (Å²) in [6.45, 7) is 2.53. The van der Waals surface area contributed by atoms with Crippen LogP contribution in [0.3, 0.4) is 0 Å². The van der Waals surface area contributed by atoms with Crippen LogP contribution in [-0.2, 0) is 6.61 Å². The average molecular weight is 404 g/mol. The molecule has 6 nitrogen and oxygen atoms in total. The van der Waals surface area contributed by atoms with Crippen molar-refractivity contribution >= 4 is 12.1 Å². The largest absolute Gasteiger partial charge is 0.497 e. The van der Waals surface area contributed by atoms with E-state index in [-0.39, 0.29) is 5.91 Å². The molecule has 0 aliphatic rings. The van der Waals surface area contributed by atoms with E-state index in [4.69, 9.17) is 14.2 Å². The molecule has 0 saturated heterocycles. The summed E-state index contributed by atoms with van der Waals surface area (Å²) in [5.74, 6) is 1.42. The molecule has 3 aromatic rings. The van der Waals surface area contributed by atoms with Crippen molar-refractivity contribution in [2.75, 3.05) is 14.2 Å². The molecule has 0 spiro atoms. The first-order valence-electron chi connectivity index (χ1n) is 9.42. The zero-order valence-corrected chi connectivity index (χ0v) is 17.2. The van der Waals surface area contributed by atoms with Gasteiger partial charge in [-0.05, 0) is 42.3 Å². The number of ether oxygens (including phenoxy) is 3. The highest BCUT2D eigenvalue weighted by molar-refractivity contribution is 5.95. The maximum Gasteiger partial charge on any atom is 0.271 e. The molecule has 0 saturated carbocycles. The van der Waals surface area contributed by atoms with Crippen molar-refractivity contribution in [1.82, 2.24) is 5.43 Å². The summed E-state index contributed by atoms with van der Waals surface area (Å²) in [7, 11) is 3.06. The van der Waals surface area contributed by atoms with Gasteiger partial charge in [0.25, 0.3) is 5.91 Å². The lowest BCUT2D eigenvalue weighted by Gasteiger charge is -2.08. The van der Waals surface area contributed by atoms with Gasteiger partial charge in [-0.1, -0.05) is 42.0 Å². The van der Waals surface area contributed by atoms with Gasteiger partial charge in [0, 0.05) is 11.6 Å². The second kappa shape index (κ2) is 10.1. The topological polar surface area (TPSA) is 69.2 Å². The Kier molecular flexibility index (Phi) is 7.05. The number of nitrogens with one attached hydrogen (secondary N) is 1. The fourth-order valence-electron chi connectivity index (χ4n) is 2.70. The van der Waals surface area contributed by atoms with Gasteiger partial charge >= 0.3 is 0 Å². The number of rotatable bonds is 8. The Bertz CT molecular complexity index is 1010. The van der Waals surface area contributed by atoms with Gasteiger partial charge in [0.05, 0.1) is 20.4 Å². The molecule has 0 aliphatic heterocycles. The molecule has 0 aromatic heterocycles. The smallest absolute Gasteiger partial charge is 0.271 e. The third-order valence-electron chi connectivity index (χ3n) is 4.38. The highest BCUT2D eigenvalue weighted by atomic mass is 16.5. The maximum atomic E-state index is 12.4. The van der Waals surface area contributed by atoms with E-state index in [0.717, 1.165) is 16.9 Å². The molecule has 0 unspecified atom stereocenters. The Balaban J connectivity index is 1.60. The first kappa shape index (κ1) is 20.9. The number of hydrogen-bond acceptors (Lipinski definition) is 5. The fraction of sp³-hybridized carbons (Fsp3) is 0.167. The second-order valence-electron chi connectivity index (χ2n) is 6.65. The Morgan fingerprint density at radius 1 is 0.933 bits per heavy atom. The molecule has 1 amide bonds. The van der Waals surface area contributed by atoms with Gasteiger partial charge in [0.15, 0.2) is 0 Å². The molecule has 3 rings (SSSR count). The van der Waals surface area contributed by atoms with E-state index in [0.29, 0.717) is 23.7 Å². The minimum Gasteiger partial charge on any atom is -0.497 e. The monoisotopic (exact) mass is 404 g/mol. The third-order valence-corrected chi connectivity index (χ3v) is 4.38. The van der Waals surface area contributed by atoms with Crippen LogP contribution in [0.2, 0.25) is 0 Å². The van der Waals surface area contributed by atoms with Crippen LogP contribution >= 0.6 is 0 Å². The van der Waals surface area contributed by atoms with Crippen LogP contribution < -0.4 is 19.6 Å². The van der Waals surface area contributed by atoms with Crippen LogP contribution in [0.4, 0.5) is 0 Å². The van der Waals surface area contributed by atoms with Crippen LogP contribution in [-0.4, -0.2) is 26.3 Å². The standard InChI is InChI=1S/C24H24N2O4/c1-17-7-9-18(10-8-17)16-30-21-6-4-5-19(11-21)15-25-26-24(27)20-12-22(28-2)14-23(13-20)29-3/h4-15H,16H2,1-3H3,(H,26,27)/b25-15-. The Labute approximate surface area is 176 Å². The Hall–Kier alpha value is -3.80. The highest BCUT2D eigenvalue weighted by Crippen LogP contribution is 2.22. The zero-order valence-electron chi connectivity index (χ0n) is 17.2. The SMILES string of the molecule is COc1cc(OC)cc(C(=O)N/N=C\c2cccc(OCc3ccc(C)cc3)c2)c1. The van der Waals surface area contributed by atoms with Gasteiger partial charge in [-0.2, -0.15) is 5.10 Å². The summed E-state index contributed by atoms with van der Waals surface area (Å²) in [5, 5.41) is 4.04. The molecule has 1 N–H and O–H groups in total. The minimum atomic E-state index is -0.366. The van der Waals surface area contributed by atoms with Gasteiger partial charge < -0.3 is 14.2 Å². The van der Waals surface area contributed by atoms with Crippen molar-refractivity contribution in [3.63, 3.8) is 0 Å². The molecular formula is C24H24N2O4. The lowest BCUT2D eigenvalue weighted by atomic mass is 10.2. The molecule has 30 heavy (non-hydrogen) atoms. The van der Waals surface area contributed by atoms with Crippen LogP contribution in [0.15, 0.2) is 71.8 Å². The molecule has 0 atom stereocenters. The van der Waals surface area contributed by atoms with Gasteiger partial charge in [-0.3, -0.25) is 4.79 Å². The first-order valence-corrected chi connectivity index (χ1v) is 9.42. The van der Waals surface area contributed by atoms with Crippen molar-refractivity contribution in [2.45, 2.75) is 13.5 Å². The average Bonchev–Trinajstić information content (AvgIpc) is 2.78. The summed E-state index contributed by atoms with van der Waals surface area (Å²) < 4.78 is 16.2. The van der Waals surface area contributed by atoms with Gasteiger partial charge in [-0.25, -0.2) is 5.43 Å². The minimum absolute atomic E-state index is 0.366. The molecular weight excluding hydrogens is 380 g/mol. The van der Waals surface area contributed by atoms with E-state index in [1.54, 1.807) is 24.4 Å². The van der Waals surface area contributed by atoms with Crippen LogP contribution in [0.5, 0.6) is 17.2 Å². The molecule has 0 bridgehead atoms. The van der Waals surface area contributed by atoms with Gasteiger partial charge in [-0.15, -0.1) is 0 Å². The lowest BCUT2D eigenvalue weighted by molar-refractivity contribution is 0.0954. The molecule has 0 heterocycles. The number of amides is 1. The number of hydrogen-bond donors (Lipinski definition) is 1. The van der Waals surface area contributed by atoms with E-state index >= 15 is 0 Å². The van der Waals surface area contributed by atoms with Crippen molar-refractivity contribution in [1.29, 1.82) is 0 Å². The predicted octanol–water partition coefficient (Wildman–Crippen LogP) is 4.36. The van der Waals surface area contributed by atoms with E-state index in [2.05, 4.69) is 29.6 Å². The van der Waals surface area contributed by atoms with Crippen molar-refractivity contribution in [3.8, 4) is 17.2 Å². The van der Waals surface area contributed by atoms with Crippen LogP contribution in [0, 0.1) is 6.92 Å². The van der Waals surface area contributed by atoms with Gasteiger partial charge in [0.1, 0.15) is 23.9 Å². The third kappa shape index (κ3) is 5.85. The number of nitrogens with zero attached hydrogens (tertiary/aromatic N) is 1. The van der Waals surface area contributed by atoms with E-state index in [9.17, 15) is 4.79 Å². The van der Waals surface area contributed by atoms with Crippen LogP contribution in [0.25, 0.3) is 0 Å². The number of carbonyl (C=O) groups is 1. The summed E-state index contributed by atoms with van der Waals surface area (Å²) in [6, 6.07) is 20.6. The maximum absolute atomic E-state index is 12.4. The molecule has 0 aliphatic carbocycles. The lowest BCUT2D eigenvalue weighted by Crippen LogP contribution is -2.17. The normalized spacial score (nSPS) is 10.6. The van der Waals surface area contributed by atoms with E-state index < -0.39 is 0 Å². The highest BCUT2D eigenvalue weighted by Gasteiger charge is 2.09. The number of hydrazone groups is 1.